The number of primary amides is 1. The van der Waals surface area contributed by atoms with Crippen molar-refractivity contribution in [3.8, 4) is 0 Å². The second kappa shape index (κ2) is 6.00. The van der Waals surface area contributed by atoms with Gasteiger partial charge < -0.3 is 16.2 Å². The number of sulfonamides is 1. The molecule has 2 heterocycles. The summed E-state index contributed by atoms with van der Waals surface area (Å²) in [5, 5.41) is 3.97. The van der Waals surface area contributed by atoms with E-state index in [1.807, 2.05) is 6.92 Å². The number of carbonyl (C=O) groups excluding carboxylic acids is 1. The molecule has 1 aliphatic rings. The maximum Gasteiger partial charge on any atom is 0.249 e. The predicted molar refractivity (Wildman–Crippen MR) is 74.6 cm³/mol. The van der Waals surface area contributed by atoms with Crippen LogP contribution in [0.3, 0.4) is 0 Å². The van der Waals surface area contributed by atoms with Crippen LogP contribution in [0.5, 0.6) is 0 Å². The molecule has 1 saturated heterocycles. The van der Waals surface area contributed by atoms with Gasteiger partial charge in [0, 0.05) is 19.3 Å². The highest BCUT2D eigenvalue weighted by molar-refractivity contribution is 7.89. The second-order valence-electron chi connectivity index (χ2n) is 4.75. The number of morpholine rings is 1. The number of hydrogen-bond donors (Lipinski definition) is 2. The van der Waals surface area contributed by atoms with Crippen molar-refractivity contribution in [1.29, 1.82) is 0 Å². The summed E-state index contributed by atoms with van der Waals surface area (Å²) in [6, 6.07) is -1.03. The fourth-order valence-electron chi connectivity index (χ4n) is 2.19. The molecule has 1 aliphatic heterocycles. The molecular formula is C11H19N5O4S. The smallest absolute Gasteiger partial charge is 0.249 e. The molecule has 1 fully saturated rings. The third-order valence-electron chi connectivity index (χ3n) is 3.20. The van der Waals surface area contributed by atoms with Crippen LogP contribution in [-0.4, -0.2) is 54.2 Å². The maximum atomic E-state index is 12.7. The quantitative estimate of drug-likeness (QED) is 0.697. The van der Waals surface area contributed by atoms with Gasteiger partial charge in [-0.2, -0.15) is 9.40 Å². The number of nitrogens with two attached hydrogens (primary N) is 2. The summed E-state index contributed by atoms with van der Waals surface area (Å²) in [4.78, 5) is 11.3. The van der Waals surface area contributed by atoms with Crippen molar-refractivity contribution in [3.63, 3.8) is 0 Å². The fraction of sp³-hybridized carbons (Fsp3) is 0.636. The standard InChI is InChI=1S/C11H19N5O4S/c1-2-3-15-6-9(10(12)14-15)21(18,19)16-4-5-20-7-8(16)11(13)17/h6,8H,2-5,7H2,1H3,(H2,12,14)(H2,13,17). The molecule has 2 rings (SSSR count). The first-order valence-corrected chi connectivity index (χ1v) is 8.03. The Hall–Kier alpha value is -1.65. The van der Waals surface area contributed by atoms with Gasteiger partial charge in [-0.15, -0.1) is 0 Å². The Balaban J connectivity index is 2.38. The number of anilines is 1. The average molecular weight is 317 g/mol. The Morgan fingerprint density at radius 2 is 2.29 bits per heavy atom. The largest absolute Gasteiger partial charge is 0.381 e. The summed E-state index contributed by atoms with van der Waals surface area (Å²) >= 11 is 0. The number of nitrogen functional groups attached to an aromatic ring is 1. The summed E-state index contributed by atoms with van der Waals surface area (Å²) in [5.41, 5.74) is 10.9. The monoisotopic (exact) mass is 317 g/mol. The number of rotatable bonds is 5. The molecule has 21 heavy (non-hydrogen) atoms. The Morgan fingerprint density at radius 3 is 2.90 bits per heavy atom. The Morgan fingerprint density at radius 1 is 1.57 bits per heavy atom. The minimum atomic E-state index is -3.94. The first kappa shape index (κ1) is 15.7. The van der Waals surface area contributed by atoms with Gasteiger partial charge in [-0.3, -0.25) is 9.48 Å². The van der Waals surface area contributed by atoms with Crippen molar-refractivity contribution >= 4 is 21.7 Å². The van der Waals surface area contributed by atoms with E-state index >= 15 is 0 Å². The van der Waals surface area contributed by atoms with E-state index in [1.165, 1.54) is 10.9 Å². The van der Waals surface area contributed by atoms with Crippen LogP contribution in [0.1, 0.15) is 13.3 Å². The maximum absolute atomic E-state index is 12.7. The van der Waals surface area contributed by atoms with E-state index in [-0.39, 0.29) is 30.5 Å². The lowest BCUT2D eigenvalue weighted by atomic mass is 10.3. The molecule has 1 atom stereocenters. The van der Waals surface area contributed by atoms with Crippen LogP contribution < -0.4 is 11.5 Å². The van der Waals surface area contributed by atoms with Gasteiger partial charge in [-0.05, 0) is 6.42 Å². The van der Waals surface area contributed by atoms with Crippen LogP contribution in [0.25, 0.3) is 0 Å². The summed E-state index contributed by atoms with van der Waals surface area (Å²) in [6.45, 7) is 2.69. The highest BCUT2D eigenvalue weighted by Gasteiger charge is 2.39. The van der Waals surface area contributed by atoms with Gasteiger partial charge in [0.2, 0.25) is 15.9 Å². The van der Waals surface area contributed by atoms with E-state index in [9.17, 15) is 13.2 Å². The number of hydrogen-bond acceptors (Lipinski definition) is 6. The van der Waals surface area contributed by atoms with Crippen LogP contribution >= 0.6 is 0 Å². The van der Waals surface area contributed by atoms with E-state index in [4.69, 9.17) is 16.2 Å². The molecule has 0 spiro atoms. The van der Waals surface area contributed by atoms with Gasteiger partial charge in [-0.25, -0.2) is 8.42 Å². The molecule has 0 aromatic carbocycles. The Bertz CT molecular complexity index is 627. The SMILES string of the molecule is CCCn1cc(S(=O)(=O)N2CCOCC2C(N)=O)c(N)n1. The molecule has 0 bridgehead atoms. The summed E-state index contributed by atoms with van der Waals surface area (Å²) in [5.74, 6) is -0.837. The van der Waals surface area contributed by atoms with Crippen LogP contribution in [0.4, 0.5) is 5.82 Å². The topological polar surface area (TPSA) is 134 Å². The lowest BCUT2D eigenvalue weighted by Crippen LogP contribution is -2.54. The van der Waals surface area contributed by atoms with Crippen molar-refractivity contribution in [3.05, 3.63) is 6.20 Å². The van der Waals surface area contributed by atoms with Crippen LogP contribution in [0.2, 0.25) is 0 Å². The molecule has 4 N–H and O–H groups in total. The van der Waals surface area contributed by atoms with Gasteiger partial charge in [0.1, 0.15) is 10.9 Å². The Labute approximate surface area is 122 Å². The highest BCUT2D eigenvalue weighted by atomic mass is 32.2. The number of aryl methyl sites for hydroxylation is 1. The van der Waals surface area contributed by atoms with Crippen LogP contribution in [-0.2, 0) is 26.1 Å². The van der Waals surface area contributed by atoms with Gasteiger partial charge in [-0.1, -0.05) is 6.92 Å². The van der Waals surface area contributed by atoms with E-state index in [0.29, 0.717) is 6.54 Å². The third kappa shape index (κ3) is 3.01. The molecule has 0 radical (unpaired) electrons. The molecule has 1 aromatic rings. The lowest BCUT2D eigenvalue weighted by Gasteiger charge is -2.32. The minimum Gasteiger partial charge on any atom is -0.381 e. The number of amides is 1. The number of carbonyl (C=O) groups is 1. The molecule has 0 aliphatic carbocycles. The average Bonchev–Trinajstić information content (AvgIpc) is 2.81. The zero-order valence-corrected chi connectivity index (χ0v) is 12.5. The van der Waals surface area contributed by atoms with Gasteiger partial charge in [0.25, 0.3) is 0 Å². The van der Waals surface area contributed by atoms with Gasteiger partial charge in [0.15, 0.2) is 5.82 Å². The van der Waals surface area contributed by atoms with E-state index in [2.05, 4.69) is 5.10 Å². The van der Waals surface area contributed by atoms with Crippen molar-refractivity contribution in [2.24, 2.45) is 5.73 Å². The van der Waals surface area contributed by atoms with Gasteiger partial charge in [0.05, 0.1) is 13.2 Å². The molecule has 118 valence electrons. The fourth-order valence-corrected chi connectivity index (χ4v) is 3.81. The molecule has 1 unspecified atom stereocenters. The first-order chi connectivity index (χ1) is 9.87. The van der Waals surface area contributed by atoms with Gasteiger partial charge >= 0.3 is 0 Å². The zero-order valence-electron chi connectivity index (χ0n) is 11.7. The summed E-state index contributed by atoms with van der Waals surface area (Å²) in [6.07, 6.45) is 2.17. The van der Waals surface area contributed by atoms with Crippen molar-refractivity contribution in [2.45, 2.75) is 30.8 Å². The van der Waals surface area contributed by atoms with Crippen LogP contribution in [0.15, 0.2) is 11.1 Å². The second-order valence-corrected chi connectivity index (χ2v) is 6.61. The molecule has 1 amide bonds. The number of aromatic nitrogens is 2. The Kier molecular flexibility index (Phi) is 4.49. The highest BCUT2D eigenvalue weighted by Crippen LogP contribution is 2.24. The minimum absolute atomic E-state index is 0.0499. The normalized spacial score (nSPS) is 20.5. The molecule has 0 saturated carbocycles. The van der Waals surface area contributed by atoms with Crippen molar-refractivity contribution in [1.82, 2.24) is 14.1 Å². The molecule has 9 nitrogen and oxygen atoms in total. The van der Waals surface area contributed by atoms with E-state index in [1.54, 1.807) is 0 Å². The summed E-state index contributed by atoms with van der Waals surface area (Å²) < 4.78 is 33.0. The molecule has 10 heteroatoms. The molecular weight excluding hydrogens is 298 g/mol. The van der Waals surface area contributed by atoms with Crippen molar-refractivity contribution in [2.75, 3.05) is 25.5 Å². The predicted octanol–water partition coefficient (Wildman–Crippen LogP) is -1.25. The number of ether oxygens (including phenoxy) is 1. The zero-order chi connectivity index (χ0) is 15.6. The number of nitrogens with zero attached hydrogens (tertiary/aromatic N) is 3. The third-order valence-corrected chi connectivity index (χ3v) is 5.13. The first-order valence-electron chi connectivity index (χ1n) is 6.59. The van der Waals surface area contributed by atoms with Crippen molar-refractivity contribution < 1.29 is 17.9 Å². The summed E-state index contributed by atoms with van der Waals surface area (Å²) in [7, 11) is -3.94. The molecule has 1 aromatic heterocycles. The van der Waals surface area contributed by atoms with E-state index in [0.717, 1.165) is 10.7 Å². The van der Waals surface area contributed by atoms with Crippen LogP contribution in [0, 0.1) is 0 Å². The van der Waals surface area contributed by atoms with E-state index < -0.39 is 22.0 Å². The lowest BCUT2D eigenvalue weighted by molar-refractivity contribution is -0.125.